The molecule has 0 radical (unpaired) electrons. The van der Waals surface area contributed by atoms with E-state index in [2.05, 4.69) is 11.5 Å². The number of halogens is 1. The van der Waals surface area contributed by atoms with Gasteiger partial charge in [0.25, 0.3) is 0 Å². The van der Waals surface area contributed by atoms with Gasteiger partial charge in [-0.1, -0.05) is 18.2 Å². The van der Waals surface area contributed by atoms with Crippen molar-refractivity contribution in [2.24, 2.45) is 0 Å². The maximum atomic E-state index is 11.7. The van der Waals surface area contributed by atoms with E-state index in [9.17, 15) is 14.7 Å². The first kappa shape index (κ1) is 17.0. The summed E-state index contributed by atoms with van der Waals surface area (Å²) in [7, 11) is 0. The summed E-state index contributed by atoms with van der Waals surface area (Å²) >= 11 is 5.69. The Balaban J connectivity index is 2.43. The largest absolute Gasteiger partial charge is 0.506 e. The lowest BCUT2D eigenvalue weighted by atomic mass is 10.2. The van der Waals surface area contributed by atoms with Gasteiger partial charge in [0.05, 0.1) is 10.6 Å². The number of hydrogen-bond acceptors (Lipinski definition) is 6. The van der Waals surface area contributed by atoms with Crippen LogP contribution in [0.15, 0.2) is 30.4 Å². The highest BCUT2D eigenvalue weighted by molar-refractivity contribution is 6.32. The number of carbonyl (C=O) groups is 2. The zero-order valence-electron chi connectivity index (χ0n) is 11.6. The van der Waals surface area contributed by atoms with Gasteiger partial charge in [-0.3, -0.25) is 4.89 Å². The Bertz CT molecular complexity index is 554. The van der Waals surface area contributed by atoms with Crippen molar-refractivity contribution in [3.63, 3.8) is 0 Å². The van der Waals surface area contributed by atoms with Crippen molar-refractivity contribution in [3.8, 4) is 5.75 Å². The van der Waals surface area contributed by atoms with Crippen LogP contribution in [0.1, 0.15) is 24.2 Å². The third-order valence-electron chi connectivity index (χ3n) is 2.27. The predicted octanol–water partition coefficient (Wildman–Crippen LogP) is 2.64. The van der Waals surface area contributed by atoms with Crippen LogP contribution in [0.25, 0.3) is 0 Å². The SMILES string of the molecule is C=C(C)C(=O)OOC(C)COC(=O)c1ccc(O)c(Cl)c1. The summed E-state index contributed by atoms with van der Waals surface area (Å²) in [5.41, 5.74) is 0.377. The van der Waals surface area contributed by atoms with E-state index in [1.54, 1.807) is 6.92 Å². The van der Waals surface area contributed by atoms with E-state index in [1.165, 1.54) is 25.1 Å². The summed E-state index contributed by atoms with van der Waals surface area (Å²) in [5, 5.41) is 9.30. The number of carbonyl (C=O) groups excluding carboxylic acids is 2. The van der Waals surface area contributed by atoms with Gasteiger partial charge in [-0.05, 0) is 32.0 Å². The predicted molar refractivity (Wildman–Crippen MR) is 74.9 cm³/mol. The zero-order valence-corrected chi connectivity index (χ0v) is 12.3. The number of phenolic OH excluding ortho intramolecular Hbond substituents is 1. The minimum Gasteiger partial charge on any atom is -0.506 e. The minimum absolute atomic E-state index is 0.0455. The van der Waals surface area contributed by atoms with Gasteiger partial charge in [-0.2, -0.15) is 4.89 Å². The van der Waals surface area contributed by atoms with Gasteiger partial charge < -0.3 is 9.84 Å². The third-order valence-corrected chi connectivity index (χ3v) is 2.57. The molecule has 0 bridgehead atoms. The highest BCUT2D eigenvalue weighted by Gasteiger charge is 2.14. The number of rotatable bonds is 6. The number of phenols is 1. The van der Waals surface area contributed by atoms with Crippen LogP contribution in [-0.2, 0) is 19.3 Å². The lowest BCUT2D eigenvalue weighted by Crippen LogP contribution is -2.21. The molecule has 114 valence electrons. The molecule has 6 nitrogen and oxygen atoms in total. The first-order chi connectivity index (χ1) is 9.81. The van der Waals surface area contributed by atoms with Crippen LogP contribution in [0, 0.1) is 0 Å². The van der Waals surface area contributed by atoms with E-state index in [0.29, 0.717) is 0 Å². The first-order valence-corrected chi connectivity index (χ1v) is 6.38. The Morgan fingerprint density at radius 1 is 1.43 bits per heavy atom. The average molecular weight is 315 g/mol. The molecule has 0 spiro atoms. The fourth-order valence-corrected chi connectivity index (χ4v) is 1.32. The quantitative estimate of drug-likeness (QED) is 0.376. The summed E-state index contributed by atoms with van der Waals surface area (Å²) in [5.74, 6) is -1.46. The van der Waals surface area contributed by atoms with Crippen molar-refractivity contribution >= 4 is 23.5 Å². The molecule has 1 atom stereocenters. The second-order valence-corrected chi connectivity index (χ2v) is 4.73. The molecule has 21 heavy (non-hydrogen) atoms. The Labute approximate surface area is 126 Å². The van der Waals surface area contributed by atoms with Gasteiger partial charge in [-0.25, -0.2) is 9.59 Å². The molecule has 1 aromatic rings. The van der Waals surface area contributed by atoms with Crippen molar-refractivity contribution in [1.29, 1.82) is 0 Å². The Hall–Kier alpha value is -2.05. The van der Waals surface area contributed by atoms with Gasteiger partial charge >= 0.3 is 11.9 Å². The Kier molecular flexibility index (Phi) is 6.20. The number of benzene rings is 1. The molecule has 0 aliphatic rings. The zero-order chi connectivity index (χ0) is 16.0. The molecular weight excluding hydrogens is 300 g/mol. The molecule has 1 unspecified atom stereocenters. The highest BCUT2D eigenvalue weighted by atomic mass is 35.5. The molecule has 0 fully saturated rings. The van der Waals surface area contributed by atoms with Crippen molar-refractivity contribution in [2.45, 2.75) is 20.0 Å². The van der Waals surface area contributed by atoms with Gasteiger partial charge in [0, 0.05) is 5.57 Å². The first-order valence-electron chi connectivity index (χ1n) is 6.00. The molecule has 1 rings (SSSR count). The minimum atomic E-state index is -0.696. The number of esters is 1. The van der Waals surface area contributed by atoms with E-state index in [0.717, 1.165) is 0 Å². The molecule has 0 aliphatic heterocycles. The smallest absolute Gasteiger partial charge is 0.368 e. The third kappa shape index (κ3) is 5.45. The Morgan fingerprint density at radius 2 is 2.10 bits per heavy atom. The number of ether oxygens (including phenoxy) is 1. The van der Waals surface area contributed by atoms with Crippen molar-refractivity contribution in [2.75, 3.05) is 6.61 Å². The van der Waals surface area contributed by atoms with Crippen LogP contribution >= 0.6 is 11.6 Å². The van der Waals surface area contributed by atoms with E-state index < -0.39 is 18.0 Å². The van der Waals surface area contributed by atoms with E-state index >= 15 is 0 Å². The molecular formula is C14H15ClO6. The van der Waals surface area contributed by atoms with Crippen molar-refractivity contribution < 1.29 is 29.2 Å². The molecule has 0 saturated carbocycles. The molecule has 0 saturated heterocycles. The van der Waals surface area contributed by atoms with Crippen LogP contribution in [0.4, 0.5) is 0 Å². The van der Waals surface area contributed by atoms with Gasteiger partial charge in [-0.15, -0.1) is 0 Å². The maximum absolute atomic E-state index is 11.7. The molecule has 0 aromatic heterocycles. The highest BCUT2D eigenvalue weighted by Crippen LogP contribution is 2.23. The monoisotopic (exact) mass is 314 g/mol. The molecule has 0 heterocycles. The van der Waals surface area contributed by atoms with Crippen LogP contribution < -0.4 is 0 Å². The van der Waals surface area contributed by atoms with Crippen LogP contribution in [0.5, 0.6) is 5.75 Å². The standard InChI is InChI=1S/C14H15ClO6/c1-8(2)13(17)21-20-9(3)7-19-14(18)10-4-5-12(16)11(15)6-10/h4-6,9,16H,1,7H2,2-3H3. The molecule has 1 N–H and O–H groups in total. The normalized spacial score (nSPS) is 11.6. The summed E-state index contributed by atoms with van der Waals surface area (Å²) in [6.45, 7) is 6.30. The van der Waals surface area contributed by atoms with Crippen molar-refractivity contribution in [3.05, 3.63) is 40.9 Å². The Morgan fingerprint density at radius 3 is 2.67 bits per heavy atom. The summed E-state index contributed by atoms with van der Waals surface area (Å²) in [4.78, 5) is 32.0. The molecule has 7 heteroatoms. The molecule has 0 amide bonds. The summed E-state index contributed by atoms with van der Waals surface area (Å²) in [6.07, 6.45) is -0.648. The van der Waals surface area contributed by atoms with Gasteiger partial charge in [0.15, 0.2) is 0 Å². The van der Waals surface area contributed by atoms with E-state index in [1.807, 2.05) is 0 Å². The fourth-order valence-electron chi connectivity index (χ4n) is 1.13. The second kappa shape index (κ2) is 7.66. The molecule has 0 aliphatic carbocycles. The summed E-state index contributed by atoms with van der Waals surface area (Å²) < 4.78 is 4.96. The van der Waals surface area contributed by atoms with E-state index in [4.69, 9.17) is 21.2 Å². The fraction of sp³-hybridized carbons (Fsp3) is 0.286. The van der Waals surface area contributed by atoms with Crippen LogP contribution in [0.2, 0.25) is 5.02 Å². The van der Waals surface area contributed by atoms with Gasteiger partial charge in [0.2, 0.25) is 0 Å². The number of hydrogen-bond donors (Lipinski definition) is 1. The second-order valence-electron chi connectivity index (χ2n) is 4.32. The van der Waals surface area contributed by atoms with Crippen molar-refractivity contribution in [1.82, 2.24) is 0 Å². The van der Waals surface area contributed by atoms with Crippen LogP contribution in [-0.4, -0.2) is 29.8 Å². The van der Waals surface area contributed by atoms with Crippen LogP contribution in [0.3, 0.4) is 0 Å². The van der Waals surface area contributed by atoms with E-state index in [-0.39, 0.29) is 28.5 Å². The van der Waals surface area contributed by atoms with Gasteiger partial charge in [0.1, 0.15) is 18.5 Å². The summed E-state index contributed by atoms with van der Waals surface area (Å²) in [6, 6.07) is 3.94. The maximum Gasteiger partial charge on any atom is 0.368 e. The lowest BCUT2D eigenvalue weighted by molar-refractivity contribution is -0.295. The molecule has 1 aromatic carbocycles. The topological polar surface area (TPSA) is 82.1 Å². The lowest BCUT2D eigenvalue weighted by Gasteiger charge is -2.12. The average Bonchev–Trinajstić information content (AvgIpc) is 2.44. The number of aromatic hydroxyl groups is 1.